The number of sulfonamides is 1. The molecule has 0 aliphatic heterocycles. The van der Waals surface area contributed by atoms with Crippen LogP contribution in [0, 0.1) is 6.92 Å². The predicted molar refractivity (Wildman–Crippen MR) is 168 cm³/mol. The van der Waals surface area contributed by atoms with Crippen molar-refractivity contribution in [3.63, 3.8) is 0 Å². The summed E-state index contributed by atoms with van der Waals surface area (Å²) in [5.41, 5.74) is 2.93. The highest BCUT2D eigenvalue weighted by Gasteiger charge is 2.35. The third kappa shape index (κ3) is 7.81. The minimum absolute atomic E-state index is 0.0338. The fourth-order valence-electron chi connectivity index (χ4n) is 4.90. The summed E-state index contributed by atoms with van der Waals surface area (Å²) in [6, 6.07) is 30.9. The molecule has 4 aromatic carbocycles. The quantitative estimate of drug-likeness (QED) is 0.234. The molecule has 0 aliphatic rings. The second kappa shape index (κ2) is 14.5. The lowest BCUT2D eigenvalue weighted by Gasteiger charge is -2.34. The summed E-state index contributed by atoms with van der Waals surface area (Å²) in [6.07, 6.45) is 0.249. The summed E-state index contributed by atoms with van der Waals surface area (Å²) < 4.78 is 35.1. The maximum Gasteiger partial charge on any atom is 0.264 e. The van der Waals surface area contributed by atoms with E-state index in [-0.39, 0.29) is 29.5 Å². The first-order chi connectivity index (χ1) is 20.7. The Morgan fingerprint density at radius 2 is 1.47 bits per heavy atom. The first kappa shape index (κ1) is 31.3. The number of hydrogen-bond acceptors (Lipinski definition) is 5. The predicted octanol–water partition coefficient (Wildman–Crippen LogP) is 4.98. The van der Waals surface area contributed by atoms with Gasteiger partial charge >= 0.3 is 0 Å². The molecule has 1 N–H and O–H groups in total. The summed E-state index contributed by atoms with van der Waals surface area (Å²) >= 11 is 0. The highest BCUT2D eigenvalue weighted by Crippen LogP contribution is 2.33. The van der Waals surface area contributed by atoms with Crippen LogP contribution in [0.2, 0.25) is 0 Å². The Labute approximate surface area is 254 Å². The van der Waals surface area contributed by atoms with E-state index in [9.17, 15) is 18.0 Å². The van der Waals surface area contributed by atoms with Gasteiger partial charge in [0.25, 0.3) is 10.0 Å². The fraction of sp³-hybridized carbons (Fsp3) is 0.235. The number of benzene rings is 4. The summed E-state index contributed by atoms with van der Waals surface area (Å²) in [5.74, 6) is -0.552. The molecule has 2 amide bonds. The topological polar surface area (TPSA) is 96.0 Å². The molecule has 4 rings (SSSR count). The van der Waals surface area contributed by atoms with E-state index >= 15 is 0 Å². The molecular weight excluding hydrogens is 562 g/mol. The van der Waals surface area contributed by atoms with Crippen molar-refractivity contribution in [2.24, 2.45) is 0 Å². The SMILES string of the molecule is CCOc1ccccc1N(CC(=O)N(Cc1cccc(C)c1)C(Cc1ccccc1)C(=O)NC)S(=O)(=O)c1ccccc1. The lowest BCUT2D eigenvalue weighted by Crippen LogP contribution is -2.53. The van der Waals surface area contributed by atoms with Crippen molar-refractivity contribution in [1.29, 1.82) is 0 Å². The third-order valence-corrected chi connectivity index (χ3v) is 8.77. The number of para-hydroxylation sites is 2. The molecule has 0 fully saturated rings. The van der Waals surface area contributed by atoms with Gasteiger partial charge in [-0.05, 0) is 49.2 Å². The Balaban J connectivity index is 1.82. The standard InChI is InChI=1S/C34H37N3O5S/c1-4-42-32-21-12-11-20-30(32)37(43(40,41)29-18-9-6-10-19-29)25-33(38)36(24-28-17-13-14-26(2)22-28)31(34(39)35-3)23-27-15-7-5-8-16-27/h5-22,31H,4,23-25H2,1-3H3,(H,35,39). The second-order valence-electron chi connectivity index (χ2n) is 10.1. The molecule has 0 saturated carbocycles. The summed E-state index contributed by atoms with van der Waals surface area (Å²) in [7, 11) is -2.68. The van der Waals surface area contributed by atoms with Crippen molar-refractivity contribution in [2.45, 2.75) is 37.8 Å². The van der Waals surface area contributed by atoms with Crippen LogP contribution in [0.25, 0.3) is 0 Å². The number of likely N-dealkylation sites (N-methyl/N-ethyl adjacent to an activating group) is 1. The average Bonchev–Trinajstić information content (AvgIpc) is 3.02. The second-order valence-corrected chi connectivity index (χ2v) is 11.9. The van der Waals surface area contributed by atoms with E-state index < -0.39 is 28.5 Å². The number of ether oxygens (including phenoxy) is 1. The van der Waals surface area contributed by atoms with Gasteiger partial charge < -0.3 is 15.0 Å². The first-order valence-corrected chi connectivity index (χ1v) is 15.6. The first-order valence-electron chi connectivity index (χ1n) is 14.1. The molecule has 8 nitrogen and oxygen atoms in total. The third-order valence-electron chi connectivity index (χ3n) is 7.00. The van der Waals surface area contributed by atoms with E-state index in [2.05, 4.69) is 5.32 Å². The maximum absolute atomic E-state index is 14.4. The van der Waals surface area contributed by atoms with Gasteiger partial charge in [-0.15, -0.1) is 0 Å². The fourth-order valence-corrected chi connectivity index (χ4v) is 6.35. The Morgan fingerprint density at radius 1 is 0.837 bits per heavy atom. The van der Waals surface area contributed by atoms with Gasteiger partial charge in [0.15, 0.2) is 0 Å². The molecule has 0 saturated heterocycles. The Hall–Kier alpha value is -4.63. The van der Waals surface area contributed by atoms with E-state index in [0.717, 1.165) is 21.0 Å². The van der Waals surface area contributed by atoms with E-state index in [1.807, 2.05) is 61.5 Å². The zero-order chi connectivity index (χ0) is 30.8. The minimum Gasteiger partial charge on any atom is -0.492 e. The molecule has 4 aromatic rings. The van der Waals surface area contributed by atoms with Crippen LogP contribution in [0.5, 0.6) is 5.75 Å². The smallest absolute Gasteiger partial charge is 0.264 e. The van der Waals surface area contributed by atoms with Crippen LogP contribution in [0.3, 0.4) is 0 Å². The van der Waals surface area contributed by atoms with Gasteiger partial charge in [0.1, 0.15) is 18.3 Å². The minimum atomic E-state index is -4.21. The number of rotatable bonds is 13. The van der Waals surface area contributed by atoms with Crippen molar-refractivity contribution in [3.8, 4) is 5.75 Å². The van der Waals surface area contributed by atoms with Crippen molar-refractivity contribution in [2.75, 3.05) is 24.5 Å². The summed E-state index contributed by atoms with van der Waals surface area (Å²) in [6.45, 7) is 3.63. The van der Waals surface area contributed by atoms with Crippen LogP contribution in [0.4, 0.5) is 5.69 Å². The van der Waals surface area contributed by atoms with Crippen LogP contribution >= 0.6 is 0 Å². The van der Waals surface area contributed by atoms with Crippen molar-refractivity contribution < 1.29 is 22.7 Å². The summed E-state index contributed by atoms with van der Waals surface area (Å²) in [5, 5.41) is 2.70. The van der Waals surface area contributed by atoms with Gasteiger partial charge in [-0.3, -0.25) is 13.9 Å². The number of carbonyl (C=O) groups excluding carboxylic acids is 2. The highest BCUT2D eigenvalue weighted by atomic mass is 32.2. The van der Waals surface area contributed by atoms with Crippen LogP contribution in [-0.2, 0) is 32.6 Å². The van der Waals surface area contributed by atoms with E-state index in [1.165, 1.54) is 24.1 Å². The van der Waals surface area contributed by atoms with Gasteiger partial charge in [0.05, 0.1) is 17.2 Å². The highest BCUT2D eigenvalue weighted by molar-refractivity contribution is 7.92. The molecule has 0 spiro atoms. The van der Waals surface area contributed by atoms with Crippen LogP contribution in [0.15, 0.2) is 114 Å². The van der Waals surface area contributed by atoms with Gasteiger partial charge in [-0.25, -0.2) is 8.42 Å². The lowest BCUT2D eigenvalue weighted by molar-refractivity contribution is -0.139. The zero-order valence-electron chi connectivity index (χ0n) is 24.6. The molecule has 0 heterocycles. The molecule has 0 aliphatic carbocycles. The number of anilines is 1. The van der Waals surface area contributed by atoms with Gasteiger partial charge in [-0.2, -0.15) is 0 Å². The van der Waals surface area contributed by atoms with Crippen molar-refractivity contribution in [3.05, 3.63) is 126 Å². The molecule has 1 atom stereocenters. The van der Waals surface area contributed by atoms with Crippen LogP contribution in [-0.4, -0.2) is 51.4 Å². The number of amides is 2. The lowest BCUT2D eigenvalue weighted by atomic mass is 10.0. The average molecular weight is 600 g/mol. The normalized spacial score (nSPS) is 11.8. The molecule has 0 aromatic heterocycles. The van der Waals surface area contributed by atoms with Crippen molar-refractivity contribution >= 4 is 27.5 Å². The summed E-state index contributed by atoms with van der Waals surface area (Å²) in [4.78, 5) is 29.3. The molecule has 0 bridgehead atoms. The van der Waals surface area contributed by atoms with Crippen LogP contribution in [0.1, 0.15) is 23.6 Å². The molecule has 9 heteroatoms. The Bertz CT molecular complexity index is 1630. The van der Waals surface area contributed by atoms with E-state index in [4.69, 9.17) is 4.74 Å². The number of aryl methyl sites for hydroxylation is 1. The molecule has 1 unspecified atom stereocenters. The number of nitrogens with one attached hydrogen (secondary N) is 1. The van der Waals surface area contributed by atoms with E-state index in [0.29, 0.717) is 12.4 Å². The van der Waals surface area contributed by atoms with Gasteiger partial charge in [-0.1, -0.05) is 90.5 Å². The maximum atomic E-state index is 14.4. The number of nitrogens with zero attached hydrogens (tertiary/aromatic N) is 2. The van der Waals surface area contributed by atoms with Gasteiger partial charge in [0.2, 0.25) is 11.8 Å². The number of hydrogen-bond donors (Lipinski definition) is 1. The molecular formula is C34H37N3O5S. The van der Waals surface area contributed by atoms with Crippen LogP contribution < -0.4 is 14.4 Å². The Morgan fingerprint density at radius 3 is 2.12 bits per heavy atom. The Kier molecular flexibility index (Phi) is 10.6. The largest absolute Gasteiger partial charge is 0.492 e. The van der Waals surface area contributed by atoms with Gasteiger partial charge in [0, 0.05) is 20.0 Å². The zero-order valence-corrected chi connectivity index (χ0v) is 25.5. The molecule has 0 radical (unpaired) electrons. The molecule has 43 heavy (non-hydrogen) atoms. The molecule has 224 valence electrons. The van der Waals surface area contributed by atoms with E-state index in [1.54, 1.807) is 49.4 Å². The van der Waals surface area contributed by atoms with Crippen molar-refractivity contribution in [1.82, 2.24) is 10.2 Å². The monoisotopic (exact) mass is 599 g/mol. The number of carbonyl (C=O) groups is 2.